The smallest absolute Gasteiger partial charge is 0.245 e. The topological polar surface area (TPSA) is 93.2 Å². The van der Waals surface area contributed by atoms with Crippen LogP contribution in [0, 0.1) is 28.9 Å². The Balaban J connectivity index is 1.37. The van der Waals surface area contributed by atoms with Gasteiger partial charge in [-0.2, -0.15) is 0 Å². The van der Waals surface area contributed by atoms with Crippen molar-refractivity contribution < 1.29 is 28.4 Å². The van der Waals surface area contributed by atoms with Crippen molar-refractivity contribution in [2.45, 2.75) is 90.8 Å². The molecular formula is C30H44F2N4O4. The first-order chi connectivity index (χ1) is 19.0. The van der Waals surface area contributed by atoms with Crippen LogP contribution in [0.4, 0.5) is 8.78 Å². The van der Waals surface area contributed by atoms with Crippen LogP contribution >= 0.6 is 0 Å². The number of nitrogens with one attached hydrogen (secondary N) is 1. The van der Waals surface area contributed by atoms with Gasteiger partial charge in [0.15, 0.2) is 0 Å². The second kappa shape index (κ2) is 12.9. The van der Waals surface area contributed by atoms with Crippen LogP contribution in [-0.4, -0.2) is 76.6 Å². The lowest BCUT2D eigenvalue weighted by atomic mass is 9.84. The Morgan fingerprint density at radius 1 is 1.12 bits per heavy atom. The highest BCUT2D eigenvalue weighted by Gasteiger charge is 2.39. The fourth-order valence-corrected chi connectivity index (χ4v) is 6.64. The van der Waals surface area contributed by atoms with Crippen LogP contribution in [0.15, 0.2) is 12.1 Å². The summed E-state index contributed by atoms with van der Waals surface area (Å²) in [7, 11) is 0. The number of hydrogen-bond acceptors (Lipinski definition) is 5. The average Bonchev–Trinajstić information content (AvgIpc) is 3.43. The van der Waals surface area contributed by atoms with Crippen molar-refractivity contribution in [1.29, 1.82) is 0 Å². The minimum absolute atomic E-state index is 0.103. The maximum absolute atomic E-state index is 14.4. The predicted molar refractivity (Wildman–Crippen MR) is 146 cm³/mol. The number of amides is 3. The van der Waals surface area contributed by atoms with E-state index in [4.69, 9.17) is 0 Å². The zero-order chi connectivity index (χ0) is 29.0. The molecule has 2 heterocycles. The van der Waals surface area contributed by atoms with E-state index in [-0.39, 0.29) is 24.4 Å². The third-order valence-electron chi connectivity index (χ3n) is 8.97. The number of carbonyl (C=O) groups is 3. The quantitative estimate of drug-likeness (QED) is 0.271. The Morgan fingerprint density at radius 3 is 2.42 bits per heavy atom. The molecule has 0 unspecified atom stereocenters. The molecule has 3 amide bonds. The number of hydroxylamine groups is 2. The summed E-state index contributed by atoms with van der Waals surface area (Å²) >= 11 is 0. The van der Waals surface area contributed by atoms with E-state index < -0.39 is 29.0 Å². The van der Waals surface area contributed by atoms with Crippen molar-refractivity contribution in [1.82, 2.24) is 20.2 Å². The summed E-state index contributed by atoms with van der Waals surface area (Å²) in [4.78, 5) is 42.3. The lowest BCUT2D eigenvalue weighted by Crippen LogP contribution is -2.58. The lowest BCUT2D eigenvalue weighted by Gasteiger charge is -2.42. The Kier molecular flexibility index (Phi) is 9.82. The van der Waals surface area contributed by atoms with Gasteiger partial charge in [0, 0.05) is 43.9 Å². The number of hydrogen-bond donors (Lipinski definition) is 2. The Hall–Kier alpha value is -2.59. The number of halogens is 2. The van der Waals surface area contributed by atoms with Gasteiger partial charge in [-0.15, -0.1) is 0 Å². The molecule has 1 aliphatic carbocycles. The largest absolute Gasteiger partial charge is 0.344 e. The van der Waals surface area contributed by atoms with E-state index in [9.17, 15) is 28.4 Å². The zero-order valence-corrected chi connectivity index (χ0v) is 24.0. The molecule has 1 aromatic carbocycles. The average molecular weight is 563 g/mol. The van der Waals surface area contributed by atoms with Gasteiger partial charge < -0.3 is 10.2 Å². The molecule has 10 heteroatoms. The predicted octanol–water partition coefficient (Wildman–Crippen LogP) is 3.89. The Morgan fingerprint density at radius 2 is 1.80 bits per heavy atom. The van der Waals surface area contributed by atoms with Gasteiger partial charge in [-0.1, -0.05) is 46.5 Å². The van der Waals surface area contributed by atoms with E-state index in [1.807, 2.05) is 20.8 Å². The molecule has 0 spiro atoms. The number of likely N-dealkylation sites (tertiary alicyclic amines) is 1. The van der Waals surface area contributed by atoms with Gasteiger partial charge in [-0.05, 0) is 48.6 Å². The van der Waals surface area contributed by atoms with E-state index in [0.29, 0.717) is 55.4 Å². The summed E-state index contributed by atoms with van der Waals surface area (Å²) in [5, 5.41) is 13.3. The summed E-state index contributed by atoms with van der Waals surface area (Å²) in [6, 6.07) is 1.81. The van der Waals surface area contributed by atoms with Gasteiger partial charge >= 0.3 is 0 Å². The molecule has 2 atom stereocenters. The number of benzene rings is 1. The van der Waals surface area contributed by atoms with Crippen molar-refractivity contribution in [2.24, 2.45) is 17.3 Å². The number of rotatable bonds is 9. The summed E-state index contributed by atoms with van der Waals surface area (Å²) in [5.74, 6) is -1.73. The van der Waals surface area contributed by atoms with Crippen molar-refractivity contribution in [3.05, 3.63) is 34.9 Å². The molecule has 1 aromatic rings. The molecule has 222 valence electrons. The van der Waals surface area contributed by atoms with Crippen LogP contribution in [0.2, 0.25) is 0 Å². The van der Waals surface area contributed by atoms with Crippen LogP contribution in [0.1, 0.15) is 76.8 Å². The van der Waals surface area contributed by atoms with Crippen molar-refractivity contribution in [3.8, 4) is 0 Å². The monoisotopic (exact) mass is 562 g/mol. The third kappa shape index (κ3) is 7.37. The van der Waals surface area contributed by atoms with Gasteiger partial charge in [0.05, 0.1) is 12.5 Å². The van der Waals surface area contributed by atoms with Crippen LogP contribution in [0.25, 0.3) is 0 Å². The van der Waals surface area contributed by atoms with Crippen molar-refractivity contribution in [3.63, 3.8) is 0 Å². The van der Waals surface area contributed by atoms with Crippen molar-refractivity contribution in [2.75, 3.05) is 26.2 Å². The first-order valence-electron chi connectivity index (χ1n) is 14.7. The van der Waals surface area contributed by atoms with Crippen LogP contribution in [0.3, 0.4) is 0 Å². The van der Waals surface area contributed by atoms with E-state index in [0.717, 1.165) is 56.7 Å². The fourth-order valence-electron chi connectivity index (χ4n) is 6.64. The number of fused-ring (bicyclic) bond motifs is 1. The number of nitrogens with zero attached hydrogens (tertiary/aromatic N) is 3. The Bertz CT molecular complexity index is 1060. The van der Waals surface area contributed by atoms with Crippen LogP contribution < -0.4 is 5.32 Å². The molecule has 2 fully saturated rings. The van der Waals surface area contributed by atoms with Crippen LogP contribution in [-0.2, 0) is 27.3 Å². The standard InChI is InChI=1S/C30H44F2N4O4/c1-30(2,3)27(33-28(38)22(17-36(40)19-37)14-20-6-4-5-7-20)29(39)34-12-9-24(10-13-34)35-11-8-21-15-23(31)16-26(32)25(21)18-35/h15-16,19-20,22,24,27,40H,4-14,17-18H2,1-3H3,(H,33,38)/t22-,27-/m1/s1. The zero-order valence-electron chi connectivity index (χ0n) is 24.0. The van der Waals surface area contributed by atoms with Crippen LogP contribution in [0.5, 0.6) is 0 Å². The minimum Gasteiger partial charge on any atom is -0.344 e. The molecule has 1 saturated heterocycles. The maximum Gasteiger partial charge on any atom is 0.245 e. The third-order valence-corrected chi connectivity index (χ3v) is 8.97. The lowest BCUT2D eigenvalue weighted by molar-refractivity contribution is -0.156. The summed E-state index contributed by atoms with van der Waals surface area (Å²) < 4.78 is 28.0. The first kappa shape index (κ1) is 30.4. The normalized spacial score (nSPS) is 20.6. The molecule has 0 aromatic heterocycles. The molecule has 1 saturated carbocycles. The molecule has 0 radical (unpaired) electrons. The second-order valence-electron chi connectivity index (χ2n) is 12.9. The summed E-state index contributed by atoms with van der Waals surface area (Å²) in [6.07, 6.45) is 7.22. The van der Waals surface area contributed by atoms with Gasteiger partial charge in [0.25, 0.3) is 0 Å². The summed E-state index contributed by atoms with van der Waals surface area (Å²) in [5.41, 5.74) is 0.743. The number of carbonyl (C=O) groups excluding carboxylic acids is 3. The van der Waals surface area contributed by atoms with E-state index in [1.54, 1.807) is 4.90 Å². The fraction of sp³-hybridized carbons (Fsp3) is 0.700. The summed E-state index contributed by atoms with van der Waals surface area (Å²) in [6.45, 7) is 7.87. The SMILES string of the molecule is CC(C)(C)[C@H](NC(=O)[C@H](CC1CCCC1)CN(O)C=O)C(=O)N1CCC(N2CCc3cc(F)cc(F)c3C2)CC1. The first-order valence-corrected chi connectivity index (χ1v) is 14.7. The highest BCUT2D eigenvalue weighted by atomic mass is 19.1. The molecule has 40 heavy (non-hydrogen) atoms. The van der Waals surface area contributed by atoms with Gasteiger partial charge in [0.2, 0.25) is 18.2 Å². The molecule has 4 rings (SSSR count). The second-order valence-corrected chi connectivity index (χ2v) is 12.9. The van der Waals surface area contributed by atoms with E-state index in [1.165, 1.54) is 6.07 Å². The molecule has 8 nitrogen and oxygen atoms in total. The maximum atomic E-state index is 14.4. The number of piperidine rings is 1. The van der Waals surface area contributed by atoms with E-state index in [2.05, 4.69) is 10.2 Å². The molecule has 0 bridgehead atoms. The van der Waals surface area contributed by atoms with E-state index >= 15 is 0 Å². The van der Waals surface area contributed by atoms with Crippen molar-refractivity contribution >= 4 is 18.2 Å². The molecule has 2 aliphatic heterocycles. The molecule has 3 aliphatic rings. The minimum atomic E-state index is -0.753. The highest BCUT2D eigenvalue weighted by Crippen LogP contribution is 2.32. The Labute approximate surface area is 236 Å². The van der Waals surface area contributed by atoms with Gasteiger partial charge in [0.1, 0.15) is 17.7 Å². The van der Waals surface area contributed by atoms with Gasteiger partial charge in [-0.3, -0.25) is 24.5 Å². The molecular weight excluding hydrogens is 518 g/mol. The van der Waals surface area contributed by atoms with Gasteiger partial charge in [-0.25, -0.2) is 13.8 Å². The highest BCUT2D eigenvalue weighted by molar-refractivity contribution is 5.89. The molecule has 2 N–H and O–H groups in total.